The number of nitrogens with zero attached hydrogens (tertiary/aromatic N) is 1. The molecule has 0 aromatic carbocycles. The van der Waals surface area contributed by atoms with Gasteiger partial charge in [-0.3, -0.25) is 9.69 Å². The second kappa shape index (κ2) is 11.0. The van der Waals surface area contributed by atoms with E-state index < -0.39 is 0 Å². The van der Waals surface area contributed by atoms with E-state index >= 15 is 0 Å². The van der Waals surface area contributed by atoms with Crippen molar-refractivity contribution >= 4 is 42.5 Å². The van der Waals surface area contributed by atoms with Crippen molar-refractivity contribution in [3.63, 3.8) is 0 Å². The van der Waals surface area contributed by atoms with E-state index in [-0.39, 0.29) is 30.7 Å². The lowest BCUT2D eigenvalue weighted by molar-refractivity contribution is -0.121. The molecular weight excluding hydrogens is 317 g/mol. The number of amides is 1. The Morgan fingerprint density at radius 1 is 1.45 bits per heavy atom. The van der Waals surface area contributed by atoms with Crippen molar-refractivity contribution in [2.24, 2.45) is 0 Å². The second-order valence-corrected chi connectivity index (χ2v) is 6.31. The molecular formula is C13H27Cl2N3OS. The molecule has 0 aliphatic carbocycles. The first kappa shape index (κ1) is 20.3. The molecule has 2 aliphatic rings. The molecule has 0 aromatic heterocycles. The number of nitrogens with one attached hydrogen (secondary N) is 2. The molecule has 2 heterocycles. The lowest BCUT2D eigenvalue weighted by atomic mass is 10.2. The first-order chi connectivity index (χ1) is 8.79. The molecule has 2 unspecified atom stereocenters. The van der Waals surface area contributed by atoms with Gasteiger partial charge >= 0.3 is 0 Å². The fraction of sp³-hybridized carbons (Fsp3) is 0.923. The number of carbonyl (C=O) groups is 1. The molecule has 2 fully saturated rings. The maximum Gasteiger partial charge on any atom is 0.221 e. The lowest BCUT2D eigenvalue weighted by Crippen LogP contribution is -2.44. The van der Waals surface area contributed by atoms with Crippen LogP contribution in [0.2, 0.25) is 0 Å². The van der Waals surface area contributed by atoms with E-state index in [9.17, 15) is 4.79 Å². The summed E-state index contributed by atoms with van der Waals surface area (Å²) in [6.07, 6.45) is 3.13. The highest BCUT2D eigenvalue weighted by atomic mass is 35.5. The number of likely N-dealkylation sites (tertiary alicyclic amines) is 1. The van der Waals surface area contributed by atoms with Crippen LogP contribution in [0.5, 0.6) is 0 Å². The van der Waals surface area contributed by atoms with Gasteiger partial charge in [0, 0.05) is 43.1 Å². The summed E-state index contributed by atoms with van der Waals surface area (Å²) in [4.78, 5) is 14.4. The SMILES string of the molecule is CCN1CCCC1CNC(=O)CC1CSCCN1.Cl.Cl. The van der Waals surface area contributed by atoms with Gasteiger partial charge in [-0.2, -0.15) is 11.8 Å². The van der Waals surface area contributed by atoms with Crippen molar-refractivity contribution in [1.82, 2.24) is 15.5 Å². The van der Waals surface area contributed by atoms with E-state index in [1.165, 1.54) is 25.1 Å². The molecule has 0 aromatic rings. The van der Waals surface area contributed by atoms with Crippen molar-refractivity contribution in [2.45, 2.75) is 38.3 Å². The molecule has 20 heavy (non-hydrogen) atoms. The smallest absolute Gasteiger partial charge is 0.221 e. The van der Waals surface area contributed by atoms with Crippen molar-refractivity contribution < 1.29 is 4.79 Å². The summed E-state index contributed by atoms with van der Waals surface area (Å²) in [5, 5.41) is 6.51. The average Bonchev–Trinajstić information content (AvgIpc) is 2.85. The Bertz CT molecular complexity index is 278. The van der Waals surface area contributed by atoms with Gasteiger partial charge in [-0.25, -0.2) is 0 Å². The van der Waals surface area contributed by atoms with E-state index in [0.29, 0.717) is 18.5 Å². The van der Waals surface area contributed by atoms with Gasteiger partial charge in [0.1, 0.15) is 0 Å². The quantitative estimate of drug-likeness (QED) is 0.794. The van der Waals surface area contributed by atoms with Crippen molar-refractivity contribution in [1.29, 1.82) is 0 Å². The third kappa shape index (κ3) is 6.39. The fourth-order valence-corrected chi connectivity index (χ4v) is 3.77. The van der Waals surface area contributed by atoms with Crippen LogP contribution in [0.15, 0.2) is 0 Å². The Hall–Kier alpha value is 0.320. The van der Waals surface area contributed by atoms with Gasteiger partial charge in [0.05, 0.1) is 0 Å². The highest BCUT2D eigenvalue weighted by molar-refractivity contribution is 7.99. The molecule has 0 saturated carbocycles. The summed E-state index contributed by atoms with van der Waals surface area (Å²) in [7, 11) is 0. The molecule has 4 nitrogen and oxygen atoms in total. The Morgan fingerprint density at radius 3 is 2.90 bits per heavy atom. The molecule has 2 atom stereocenters. The summed E-state index contributed by atoms with van der Waals surface area (Å²) < 4.78 is 0. The van der Waals surface area contributed by atoms with Crippen LogP contribution in [-0.4, -0.2) is 60.6 Å². The minimum Gasteiger partial charge on any atom is -0.354 e. The Labute approximate surface area is 139 Å². The second-order valence-electron chi connectivity index (χ2n) is 5.16. The van der Waals surface area contributed by atoms with Gasteiger partial charge in [0.25, 0.3) is 0 Å². The summed E-state index contributed by atoms with van der Waals surface area (Å²) in [5.74, 6) is 2.45. The molecule has 1 amide bonds. The normalized spacial score (nSPS) is 26.4. The predicted molar refractivity (Wildman–Crippen MR) is 91.5 cm³/mol. The van der Waals surface area contributed by atoms with Crippen LogP contribution in [0.25, 0.3) is 0 Å². The maximum atomic E-state index is 11.9. The third-order valence-electron chi connectivity index (χ3n) is 3.87. The van der Waals surface area contributed by atoms with E-state index in [1.807, 2.05) is 11.8 Å². The largest absolute Gasteiger partial charge is 0.354 e. The van der Waals surface area contributed by atoms with Crippen LogP contribution in [0.1, 0.15) is 26.2 Å². The first-order valence-corrected chi connectivity index (χ1v) is 8.27. The van der Waals surface area contributed by atoms with Gasteiger partial charge in [0.15, 0.2) is 0 Å². The van der Waals surface area contributed by atoms with Gasteiger partial charge in [-0.05, 0) is 25.9 Å². The van der Waals surface area contributed by atoms with Gasteiger partial charge < -0.3 is 10.6 Å². The number of hydrogen-bond donors (Lipinski definition) is 2. The number of likely N-dealkylation sites (N-methyl/N-ethyl adjacent to an activating group) is 1. The zero-order valence-electron chi connectivity index (χ0n) is 12.1. The summed E-state index contributed by atoms with van der Waals surface area (Å²) in [5.41, 5.74) is 0. The van der Waals surface area contributed by atoms with Crippen LogP contribution in [-0.2, 0) is 4.79 Å². The predicted octanol–water partition coefficient (Wildman–Crippen LogP) is 1.53. The van der Waals surface area contributed by atoms with Crippen LogP contribution >= 0.6 is 36.6 Å². The molecule has 2 aliphatic heterocycles. The summed E-state index contributed by atoms with van der Waals surface area (Å²) in [6, 6.07) is 0.933. The molecule has 2 saturated heterocycles. The maximum absolute atomic E-state index is 11.9. The Morgan fingerprint density at radius 2 is 2.25 bits per heavy atom. The van der Waals surface area contributed by atoms with Crippen molar-refractivity contribution in [3.8, 4) is 0 Å². The third-order valence-corrected chi connectivity index (χ3v) is 5.00. The van der Waals surface area contributed by atoms with Crippen LogP contribution in [0.3, 0.4) is 0 Å². The molecule has 0 bridgehead atoms. The van der Waals surface area contributed by atoms with E-state index in [4.69, 9.17) is 0 Å². The zero-order chi connectivity index (χ0) is 12.8. The van der Waals surface area contributed by atoms with E-state index in [1.54, 1.807) is 0 Å². The van der Waals surface area contributed by atoms with E-state index in [2.05, 4.69) is 22.5 Å². The standard InChI is InChI=1S/C13H25N3OS.2ClH/c1-2-16-6-3-4-12(16)9-15-13(17)8-11-10-18-7-5-14-11;;/h11-12,14H,2-10H2,1H3,(H,15,17);2*1H. The van der Waals surface area contributed by atoms with Crippen molar-refractivity contribution in [2.75, 3.05) is 37.7 Å². The van der Waals surface area contributed by atoms with Crippen LogP contribution < -0.4 is 10.6 Å². The van der Waals surface area contributed by atoms with Gasteiger partial charge in [-0.15, -0.1) is 24.8 Å². The lowest BCUT2D eigenvalue weighted by Gasteiger charge is -2.25. The van der Waals surface area contributed by atoms with Crippen LogP contribution in [0.4, 0.5) is 0 Å². The van der Waals surface area contributed by atoms with Crippen LogP contribution in [0, 0.1) is 0 Å². The highest BCUT2D eigenvalue weighted by Crippen LogP contribution is 2.15. The van der Waals surface area contributed by atoms with Gasteiger partial charge in [0.2, 0.25) is 5.91 Å². The minimum absolute atomic E-state index is 0. The number of rotatable bonds is 5. The molecule has 0 spiro atoms. The minimum atomic E-state index is 0. The Kier molecular flexibility index (Phi) is 11.1. The number of thioether (sulfide) groups is 1. The monoisotopic (exact) mass is 343 g/mol. The molecule has 0 radical (unpaired) electrons. The topological polar surface area (TPSA) is 44.4 Å². The number of carbonyl (C=O) groups excluding carboxylic acids is 1. The first-order valence-electron chi connectivity index (χ1n) is 7.11. The van der Waals surface area contributed by atoms with Gasteiger partial charge in [-0.1, -0.05) is 6.92 Å². The number of halogens is 2. The zero-order valence-corrected chi connectivity index (χ0v) is 14.5. The molecule has 2 rings (SSSR count). The number of hydrogen-bond acceptors (Lipinski definition) is 4. The molecule has 2 N–H and O–H groups in total. The highest BCUT2D eigenvalue weighted by Gasteiger charge is 2.23. The summed E-state index contributed by atoms with van der Waals surface area (Å²) in [6.45, 7) is 6.35. The fourth-order valence-electron chi connectivity index (χ4n) is 2.82. The van der Waals surface area contributed by atoms with Crippen molar-refractivity contribution in [3.05, 3.63) is 0 Å². The van der Waals surface area contributed by atoms with E-state index in [0.717, 1.165) is 25.4 Å². The molecule has 120 valence electrons. The average molecular weight is 344 g/mol. The summed E-state index contributed by atoms with van der Waals surface area (Å²) >= 11 is 1.94. The Balaban J connectivity index is 0.00000180. The molecule has 7 heteroatoms.